The highest BCUT2D eigenvalue weighted by Gasteiger charge is 2.30. The van der Waals surface area contributed by atoms with Crippen LogP contribution < -0.4 is 4.74 Å². The molecule has 0 spiro atoms. The van der Waals surface area contributed by atoms with Gasteiger partial charge in [-0.2, -0.15) is 0 Å². The molecule has 1 aromatic carbocycles. The topological polar surface area (TPSA) is 58.8 Å². The van der Waals surface area contributed by atoms with E-state index in [0.717, 1.165) is 12.3 Å². The number of hydrogen-bond acceptors (Lipinski definition) is 5. The Morgan fingerprint density at radius 2 is 2.09 bits per heavy atom. The predicted molar refractivity (Wildman–Crippen MR) is 80.8 cm³/mol. The van der Waals surface area contributed by atoms with Crippen molar-refractivity contribution >= 4 is 5.91 Å². The van der Waals surface area contributed by atoms with E-state index in [4.69, 9.17) is 9.15 Å². The molecule has 6 heteroatoms. The quantitative estimate of drug-likeness (QED) is 0.865. The molecule has 0 N–H and O–H groups in total. The summed E-state index contributed by atoms with van der Waals surface area (Å²) < 4.78 is 10.3. The summed E-state index contributed by atoms with van der Waals surface area (Å²) in [5.74, 6) is 1.01. The average Bonchev–Trinajstić information content (AvgIpc) is 3.09. The van der Waals surface area contributed by atoms with Crippen molar-refractivity contribution < 1.29 is 13.9 Å². The molecule has 1 fully saturated rings. The highest BCUT2D eigenvalue weighted by atomic mass is 16.5. The van der Waals surface area contributed by atoms with E-state index in [1.165, 1.54) is 18.2 Å². The van der Waals surface area contributed by atoms with Gasteiger partial charge in [0, 0.05) is 19.6 Å². The number of methoxy groups -OCH3 is 1. The predicted octanol–water partition coefficient (Wildman–Crippen LogP) is 1.81. The Balaban J connectivity index is 1.77. The van der Waals surface area contributed by atoms with Crippen molar-refractivity contribution in [1.82, 2.24) is 14.8 Å². The van der Waals surface area contributed by atoms with Crippen molar-refractivity contribution in [2.75, 3.05) is 33.8 Å². The van der Waals surface area contributed by atoms with Crippen LogP contribution in [-0.2, 0) is 0 Å². The first-order valence-electron chi connectivity index (χ1n) is 7.21. The lowest BCUT2D eigenvalue weighted by molar-refractivity contribution is 0.0517. The maximum absolute atomic E-state index is 12.4. The van der Waals surface area contributed by atoms with E-state index in [1.807, 2.05) is 29.2 Å². The van der Waals surface area contributed by atoms with Crippen molar-refractivity contribution in [3.8, 4) is 5.75 Å². The molecule has 0 aliphatic carbocycles. The van der Waals surface area contributed by atoms with E-state index in [-0.39, 0.29) is 17.7 Å². The molecule has 116 valence electrons. The second-order valence-electron chi connectivity index (χ2n) is 5.39. The third kappa shape index (κ3) is 2.82. The van der Waals surface area contributed by atoms with Gasteiger partial charge in [-0.25, -0.2) is 4.98 Å². The molecule has 2 heterocycles. The lowest BCUT2D eigenvalue weighted by atomic mass is 10.0. The van der Waals surface area contributed by atoms with Crippen molar-refractivity contribution in [3.05, 3.63) is 48.2 Å². The minimum absolute atomic E-state index is 0.107. The smallest absolute Gasteiger partial charge is 0.291 e. The highest BCUT2D eigenvalue weighted by Crippen LogP contribution is 2.26. The number of oxazole rings is 1. The van der Waals surface area contributed by atoms with Gasteiger partial charge in [-0.05, 0) is 24.7 Å². The van der Waals surface area contributed by atoms with Gasteiger partial charge in [0.2, 0.25) is 5.76 Å². The molecule has 0 radical (unpaired) electrons. The van der Waals surface area contributed by atoms with Gasteiger partial charge in [-0.3, -0.25) is 9.69 Å². The van der Waals surface area contributed by atoms with Gasteiger partial charge in [0.05, 0.1) is 19.3 Å². The van der Waals surface area contributed by atoms with E-state index in [9.17, 15) is 4.79 Å². The van der Waals surface area contributed by atoms with Crippen LogP contribution in [0, 0.1) is 0 Å². The molecule has 1 aliphatic heterocycles. The van der Waals surface area contributed by atoms with Gasteiger partial charge >= 0.3 is 0 Å². The average molecular weight is 301 g/mol. The van der Waals surface area contributed by atoms with Crippen LogP contribution in [0.3, 0.4) is 0 Å². The van der Waals surface area contributed by atoms with Crippen LogP contribution in [0.25, 0.3) is 0 Å². The number of hydrogen-bond donors (Lipinski definition) is 0. The summed E-state index contributed by atoms with van der Waals surface area (Å²) in [5.41, 5.74) is 1.17. The second-order valence-corrected chi connectivity index (χ2v) is 5.39. The van der Waals surface area contributed by atoms with Crippen molar-refractivity contribution in [1.29, 1.82) is 0 Å². The SMILES string of the molecule is COc1ccc([C@H]2CN(C(=O)c3cnco3)CCN2C)cc1. The minimum Gasteiger partial charge on any atom is -0.497 e. The lowest BCUT2D eigenvalue weighted by Crippen LogP contribution is -2.48. The molecule has 6 nitrogen and oxygen atoms in total. The van der Waals surface area contributed by atoms with Crippen molar-refractivity contribution in [2.45, 2.75) is 6.04 Å². The standard InChI is InChI=1S/C16H19N3O3/c1-18-7-8-19(16(20)15-9-17-11-22-15)10-14(18)12-3-5-13(21-2)6-4-12/h3-6,9,11,14H,7-8,10H2,1-2H3/t14-/m1/s1. The van der Waals surface area contributed by atoms with E-state index in [2.05, 4.69) is 16.9 Å². The van der Waals surface area contributed by atoms with Crippen LogP contribution in [0.5, 0.6) is 5.75 Å². The summed E-state index contributed by atoms with van der Waals surface area (Å²) >= 11 is 0. The number of rotatable bonds is 3. The molecule has 2 aromatic rings. The van der Waals surface area contributed by atoms with Gasteiger partial charge in [-0.15, -0.1) is 0 Å². The Morgan fingerprint density at radius 1 is 1.32 bits per heavy atom. The number of carbonyl (C=O) groups excluding carboxylic acids is 1. The van der Waals surface area contributed by atoms with Crippen LogP contribution in [-0.4, -0.2) is 54.5 Å². The van der Waals surface area contributed by atoms with Gasteiger partial charge in [0.25, 0.3) is 5.91 Å². The number of piperazine rings is 1. The first-order valence-corrected chi connectivity index (χ1v) is 7.21. The molecular formula is C16H19N3O3. The summed E-state index contributed by atoms with van der Waals surface area (Å²) in [7, 11) is 3.73. The zero-order valence-electron chi connectivity index (χ0n) is 12.7. The van der Waals surface area contributed by atoms with Crippen LogP contribution in [0.4, 0.5) is 0 Å². The van der Waals surface area contributed by atoms with Crippen molar-refractivity contribution in [2.24, 2.45) is 0 Å². The Labute approximate surface area is 129 Å². The number of likely N-dealkylation sites (N-methyl/N-ethyl adjacent to an activating group) is 1. The van der Waals surface area contributed by atoms with Gasteiger partial charge < -0.3 is 14.1 Å². The van der Waals surface area contributed by atoms with Crippen LogP contribution in [0.2, 0.25) is 0 Å². The summed E-state index contributed by atoms with van der Waals surface area (Å²) in [6, 6.07) is 8.14. The van der Waals surface area contributed by atoms with Crippen LogP contribution in [0.15, 0.2) is 41.3 Å². The van der Waals surface area contributed by atoms with Crippen LogP contribution >= 0.6 is 0 Å². The highest BCUT2D eigenvalue weighted by molar-refractivity contribution is 5.91. The Kier molecular flexibility index (Phi) is 4.11. The zero-order valence-corrected chi connectivity index (χ0v) is 12.7. The third-order valence-electron chi connectivity index (χ3n) is 4.08. The first kappa shape index (κ1) is 14.6. The van der Waals surface area contributed by atoms with Gasteiger partial charge in [0.1, 0.15) is 5.75 Å². The monoisotopic (exact) mass is 301 g/mol. The molecule has 22 heavy (non-hydrogen) atoms. The van der Waals surface area contributed by atoms with Crippen molar-refractivity contribution in [3.63, 3.8) is 0 Å². The fourth-order valence-corrected chi connectivity index (χ4v) is 2.72. The number of amides is 1. The number of aromatic nitrogens is 1. The molecule has 0 saturated carbocycles. The maximum atomic E-state index is 12.4. The Hall–Kier alpha value is -2.34. The molecule has 1 amide bonds. The van der Waals surface area contributed by atoms with E-state index >= 15 is 0 Å². The van der Waals surface area contributed by atoms with E-state index < -0.39 is 0 Å². The maximum Gasteiger partial charge on any atom is 0.291 e. The Bertz CT molecular complexity index is 625. The lowest BCUT2D eigenvalue weighted by Gasteiger charge is -2.39. The molecule has 3 rings (SSSR count). The summed E-state index contributed by atoms with van der Waals surface area (Å²) in [4.78, 5) is 20.3. The number of ether oxygens (including phenoxy) is 1. The summed E-state index contributed by atoms with van der Waals surface area (Å²) in [5, 5.41) is 0. The van der Waals surface area contributed by atoms with Gasteiger partial charge in [-0.1, -0.05) is 12.1 Å². The van der Waals surface area contributed by atoms with Crippen LogP contribution in [0.1, 0.15) is 22.2 Å². The molecule has 1 saturated heterocycles. The molecular weight excluding hydrogens is 282 g/mol. The summed E-state index contributed by atoms with van der Waals surface area (Å²) in [6.45, 7) is 2.13. The molecule has 1 aromatic heterocycles. The minimum atomic E-state index is -0.107. The largest absolute Gasteiger partial charge is 0.497 e. The summed E-state index contributed by atoms with van der Waals surface area (Å²) in [6.07, 6.45) is 2.74. The number of nitrogens with zero attached hydrogens (tertiary/aromatic N) is 3. The van der Waals surface area contributed by atoms with E-state index in [1.54, 1.807) is 7.11 Å². The number of carbonyl (C=O) groups is 1. The molecule has 0 unspecified atom stereocenters. The first-order chi connectivity index (χ1) is 10.7. The third-order valence-corrected chi connectivity index (χ3v) is 4.08. The normalized spacial score (nSPS) is 19.2. The van der Waals surface area contributed by atoms with Gasteiger partial charge in [0.15, 0.2) is 6.39 Å². The molecule has 1 atom stereocenters. The molecule has 1 aliphatic rings. The fourth-order valence-electron chi connectivity index (χ4n) is 2.72. The fraction of sp³-hybridized carbons (Fsp3) is 0.375. The van der Waals surface area contributed by atoms with E-state index in [0.29, 0.717) is 13.1 Å². The number of benzene rings is 1. The Morgan fingerprint density at radius 3 is 2.73 bits per heavy atom. The second kappa shape index (κ2) is 6.19. The molecule has 0 bridgehead atoms. The zero-order chi connectivity index (χ0) is 15.5.